The number of carbonyl (C=O) groups is 3. The third-order valence-electron chi connectivity index (χ3n) is 4.70. The van der Waals surface area contributed by atoms with Gasteiger partial charge in [0.05, 0.1) is 12.2 Å². The van der Waals surface area contributed by atoms with Crippen LogP contribution in [0.15, 0.2) is 45.9 Å². The number of aliphatic imine (C=N–C) groups is 1. The van der Waals surface area contributed by atoms with E-state index in [0.29, 0.717) is 38.0 Å². The Morgan fingerprint density at radius 2 is 2.03 bits per heavy atom. The number of carboxylic acid groups (broad SMARTS) is 1. The average Bonchev–Trinajstić information content (AvgIpc) is 2.79. The van der Waals surface area contributed by atoms with Gasteiger partial charge in [0.25, 0.3) is 5.91 Å². The van der Waals surface area contributed by atoms with Crippen LogP contribution in [0.2, 0.25) is 5.02 Å². The minimum absolute atomic E-state index is 0.112. The van der Waals surface area contributed by atoms with Crippen LogP contribution in [-0.2, 0) is 16.0 Å². The molecular formula is C22H23BrClN5O4. The summed E-state index contributed by atoms with van der Waals surface area (Å²) in [5.74, 6) is -1.17. The summed E-state index contributed by atoms with van der Waals surface area (Å²) in [6.07, 6.45) is 1.05. The largest absolute Gasteiger partial charge is 0.481 e. The molecule has 0 fully saturated rings. The van der Waals surface area contributed by atoms with Crippen LogP contribution in [0.1, 0.15) is 28.8 Å². The lowest BCUT2D eigenvalue weighted by atomic mass is 10.1. The van der Waals surface area contributed by atoms with Gasteiger partial charge in [0, 0.05) is 40.3 Å². The van der Waals surface area contributed by atoms with Crippen molar-refractivity contribution in [2.24, 2.45) is 4.99 Å². The van der Waals surface area contributed by atoms with Crippen molar-refractivity contribution in [2.75, 3.05) is 30.3 Å². The van der Waals surface area contributed by atoms with Crippen molar-refractivity contribution in [3.63, 3.8) is 0 Å². The van der Waals surface area contributed by atoms with Crippen LogP contribution < -0.4 is 21.3 Å². The van der Waals surface area contributed by atoms with Gasteiger partial charge in [-0.1, -0.05) is 17.7 Å². The second-order valence-corrected chi connectivity index (χ2v) is 8.55. The Kier molecular flexibility index (Phi) is 8.67. The number of carbonyl (C=O) groups excluding carboxylic acids is 2. The van der Waals surface area contributed by atoms with Crippen molar-refractivity contribution in [1.82, 2.24) is 10.6 Å². The molecule has 1 aliphatic heterocycles. The molecule has 0 radical (unpaired) electrons. The van der Waals surface area contributed by atoms with Gasteiger partial charge in [-0.05, 0) is 64.7 Å². The summed E-state index contributed by atoms with van der Waals surface area (Å²) in [7, 11) is 0. The molecule has 9 nitrogen and oxygen atoms in total. The summed E-state index contributed by atoms with van der Waals surface area (Å²) in [5, 5.41) is 21.0. The zero-order chi connectivity index (χ0) is 23.8. The second-order valence-electron chi connectivity index (χ2n) is 7.26. The molecule has 0 bridgehead atoms. The first-order valence-corrected chi connectivity index (χ1v) is 11.4. The Balaban J connectivity index is 1.60. The highest BCUT2D eigenvalue weighted by Crippen LogP contribution is 2.31. The summed E-state index contributed by atoms with van der Waals surface area (Å²) in [4.78, 5) is 40.3. The lowest BCUT2D eigenvalue weighted by molar-refractivity contribution is -0.137. The number of hydrogen-bond donors (Lipinski definition) is 5. The normalized spacial score (nSPS) is 12.8. The number of nitrogens with zero attached hydrogens (tertiary/aromatic N) is 1. The van der Waals surface area contributed by atoms with Crippen molar-refractivity contribution in [1.29, 1.82) is 0 Å². The molecule has 5 N–H and O–H groups in total. The van der Waals surface area contributed by atoms with E-state index in [4.69, 9.17) is 16.7 Å². The predicted octanol–water partition coefficient (Wildman–Crippen LogP) is 3.25. The van der Waals surface area contributed by atoms with Crippen LogP contribution in [0.5, 0.6) is 0 Å². The van der Waals surface area contributed by atoms with E-state index in [2.05, 4.69) is 42.2 Å². The first-order valence-electron chi connectivity index (χ1n) is 10.2. The first-order chi connectivity index (χ1) is 15.8. The summed E-state index contributed by atoms with van der Waals surface area (Å²) in [6, 6.07) is 10.1. The predicted molar refractivity (Wildman–Crippen MR) is 131 cm³/mol. The van der Waals surface area contributed by atoms with Gasteiger partial charge >= 0.3 is 5.97 Å². The molecule has 174 valence electrons. The number of rotatable bonds is 8. The Labute approximate surface area is 204 Å². The van der Waals surface area contributed by atoms with Crippen molar-refractivity contribution >= 4 is 62.6 Å². The van der Waals surface area contributed by atoms with Crippen LogP contribution in [0.3, 0.4) is 0 Å². The highest BCUT2D eigenvalue weighted by atomic mass is 79.9. The van der Waals surface area contributed by atoms with Crippen molar-refractivity contribution in [2.45, 2.75) is 19.3 Å². The van der Waals surface area contributed by atoms with Crippen LogP contribution in [-0.4, -0.2) is 48.5 Å². The lowest BCUT2D eigenvalue weighted by Crippen LogP contribution is -2.35. The molecule has 0 aliphatic carbocycles. The Morgan fingerprint density at radius 3 is 2.76 bits per heavy atom. The monoisotopic (exact) mass is 535 g/mol. The molecule has 11 heteroatoms. The molecular weight excluding hydrogens is 514 g/mol. The molecule has 1 aliphatic rings. The third-order valence-corrected chi connectivity index (χ3v) is 5.55. The zero-order valence-corrected chi connectivity index (χ0v) is 19.9. The van der Waals surface area contributed by atoms with Crippen molar-refractivity contribution < 1.29 is 19.5 Å². The molecule has 1 heterocycles. The SMILES string of the molecule is O=C(O)CCc1cc(Cl)cc(Br)c1NC(=O)CNC(=O)c1cccc(NC2=NCCCN2)c1. The van der Waals surface area contributed by atoms with Gasteiger partial charge in [-0.25, -0.2) is 0 Å². The van der Waals surface area contributed by atoms with Gasteiger partial charge < -0.3 is 26.4 Å². The maximum atomic E-state index is 12.5. The molecule has 2 amide bonds. The number of nitrogens with one attached hydrogen (secondary N) is 4. The summed E-state index contributed by atoms with van der Waals surface area (Å²) < 4.78 is 0.521. The van der Waals surface area contributed by atoms with E-state index in [1.165, 1.54) is 0 Å². The second kappa shape index (κ2) is 11.7. The molecule has 0 aromatic heterocycles. The van der Waals surface area contributed by atoms with E-state index in [1.807, 2.05) is 6.07 Å². The van der Waals surface area contributed by atoms with Crippen LogP contribution in [0, 0.1) is 0 Å². The van der Waals surface area contributed by atoms with Gasteiger partial charge in [-0.15, -0.1) is 0 Å². The fraction of sp³-hybridized carbons (Fsp3) is 0.273. The number of amides is 2. The molecule has 3 rings (SSSR count). The van der Waals surface area contributed by atoms with E-state index in [-0.39, 0.29) is 19.4 Å². The number of aryl methyl sites for hydroxylation is 1. The number of hydrogen-bond acceptors (Lipinski definition) is 6. The van der Waals surface area contributed by atoms with Gasteiger partial charge in [-0.2, -0.15) is 0 Å². The molecule has 0 spiro atoms. The molecule has 2 aromatic carbocycles. The number of aliphatic carboxylic acids is 1. The highest BCUT2D eigenvalue weighted by molar-refractivity contribution is 9.10. The maximum absolute atomic E-state index is 12.5. The van der Waals surface area contributed by atoms with Crippen LogP contribution >= 0.6 is 27.5 Å². The smallest absolute Gasteiger partial charge is 0.303 e. The maximum Gasteiger partial charge on any atom is 0.303 e. The van der Waals surface area contributed by atoms with Crippen molar-refractivity contribution in [3.05, 3.63) is 57.0 Å². The quantitative estimate of drug-likeness (QED) is 0.352. The number of halogens is 2. The molecule has 0 saturated heterocycles. The average molecular weight is 537 g/mol. The van der Waals surface area contributed by atoms with E-state index >= 15 is 0 Å². The van der Waals surface area contributed by atoms with Gasteiger partial charge in [0.2, 0.25) is 5.91 Å². The summed E-state index contributed by atoms with van der Waals surface area (Å²) in [6.45, 7) is 1.31. The first kappa shape index (κ1) is 24.5. The fourth-order valence-corrected chi connectivity index (χ4v) is 4.12. The van der Waals surface area contributed by atoms with Gasteiger partial charge in [-0.3, -0.25) is 19.4 Å². The Morgan fingerprint density at radius 1 is 1.21 bits per heavy atom. The van der Waals surface area contributed by atoms with Crippen LogP contribution in [0.4, 0.5) is 11.4 Å². The Bertz CT molecular complexity index is 1090. The molecule has 0 saturated carbocycles. The number of carboxylic acids is 1. The minimum atomic E-state index is -0.960. The number of anilines is 2. The van der Waals surface area contributed by atoms with Crippen molar-refractivity contribution in [3.8, 4) is 0 Å². The van der Waals surface area contributed by atoms with E-state index in [9.17, 15) is 14.4 Å². The summed E-state index contributed by atoms with van der Waals surface area (Å²) >= 11 is 9.40. The van der Waals surface area contributed by atoms with Gasteiger partial charge in [0.15, 0.2) is 5.96 Å². The zero-order valence-electron chi connectivity index (χ0n) is 17.6. The van der Waals surface area contributed by atoms with Gasteiger partial charge in [0.1, 0.15) is 0 Å². The minimum Gasteiger partial charge on any atom is -0.481 e. The highest BCUT2D eigenvalue weighted by Gasteiger charge is 2.15. The van der Waals surface area contributed by atoms with Crippen LogP contribution in [0.25, 0.3) is 0 Å². The third kappa shape index (κ3) is 7.47. The summed E-state index contributed by atoms with van der Waals surface area (Å²) in [5.41, 5.74) is 2.09. The Hall–Kier alpha value is -3.11. The number of guanidine groups is 1. The lowest BCUT2D eigenvalue weighted by Gasteiger charge is -2.16. The topological polar surface area (TPSA) is 132 Å². The molecule has 33 heavy (non-hydrogen) atoms. The standard InChI is InChI=1S/C22H23BrClN5O4/c23-17-11-15(24)9-13(5-6-19(31)32)20(17)29-18(30)12-27-21(33)14-3-1-4-16(10-14)28-22-25-7-2-8-26-22/h1,3-4,9-11H,2,5-8,12H2,(H,27,33)(H,29,30)(H,31,32)(H2,25,26,28). The molecule has 2 aromatic rings. The van der Waals surface area contributed by atoms with E-state index in [0.717, 1.165) is 19.5 Å². The fourth-order valence-electron chi connectivity index (χ4n) is 3.14. The van der Waals surface area contributed by atoms with E-state index in [1.54, 1.807) is 30.3 Å². The number of benzene rings is 2. The molecule has 0 atom stereocenters. The van der Waals surface area contributed by atoms with E-state index < -0.39 is 17.8 Å². The molecule has 0 unspecified atom stereocenters.